The van der Waals surface area contributed by atoms with Gasteiger partial charge in [-0.3, -0.25) is 0 Å². The maximum atomic E-state index is 11.0. The molecular weight excluding hydrogens is 277 g/mol. The predicted octanol–water partition coefficient (Wildman–Crippen LogP) is 2.74. The molecule has 18 heavy (non-hydrogen) atoms. The SMILES string of the molecule is CCC(Oc1c(Cl)cc(Cl)cc1CCN)C(=O)O. The molecule has 0 amide bonds. The smallest absolute Gasteiger partial charge is 0.344 e. The van der Waals surface area contributed by atoms with Crippen molar-refractivity contribution in [2.45, 2.75) is 25.9 Å². The maximum Gasteiger partial charge on any atom is 0.344 e. The highest BCUT2D eigenvalue weighted by Gasteiger charge is 2.20. The summed E-state index contributed by atoms with van der Waals surface area (Å²) in [6.45, 7) is 2.13. The standard InChI is InChI=1S/C12H15Cl2NO3/c1-2-10(12(16)17)18-11-7(3-4-15)5-8(13)6-9(11)14/h5-6,10H,2-4,15H2,1H3,(H,16,17). The summed E-state index contributed by atoms with van der Waals surface area (Å²) in [5.74, 6) is -0.678. The van der Waals surface area contributed by atoms with E-state index in [1.54, 1.807) is 13.0 Å². The third-order valence-electron chi connectivity index (χ3n) is 2.41. The minimum absolute atomic E-state index is 0.297. The zero-order valence-electron chi connectivity index (χ0n) is 9.95. The Hall–Kier alpha value is -0.970. The molecule has 0 aliphatic heterocycles. The summed E-state index contributed by atoms with van der Waals surface area (Å²) >= 11 is 11.9. The lowest BCUT2D eigenvalue weighted by molar-refractivity contribution is -0.145. The molecule has 0 spiro atoms. The molecule has 0 saturated heterocycles. The molecule has 100 valence electrons. The van der Waals surface area contributed by atoms with Crippen molar-refractivity contribution in [1.29, 1.82) is 0 Å². The zero-order valence-corrected chi connectivity index (χ0v) is 11.5. The molecule has 4 nitrogen and oxygen atoms in total. The van der Waals surface area contributed by atoms with Crippen LogP contribution in [0.1, 0.15) is 18.9 Å². The molecule has 1 aromatic carbocycles. The zero-order chi connectivity index (χ0) is 13.7. The first kappa shape index (κ1) is 15.1. The molecule has 0 heterocycles. The van der Waals surface area contributed by atoms with Crippen LogP contribution in [0.15, 0.2) is 12.1 Å². The van der Waals surface area contributed by atoms with Crippen molar-refractivity contribution in [2.75, 3.05) is 6.54 Å². The molecule has 1 atom stereocenters. The topological polar surface area (TPSA) is 72.5 Å². The number of carboxylic acid groups (broad SMARTS) is 1. The number of hydrogen-bond acceptors (Lipinski definition) is 3. The van der Waals surface area contributed by atoms with Gasteiger partial charge in [0, 0.05) is 5.02 Å². The number of ether oxygens (including phenoxy) is 1. The Bertz CT molecular complexity index is 438. The van der Waals surface area contributed by atoms with Crippen LogP contribution in [0.3, 0.4) is 0 Å². The van der Waals surface area contributed by atoms with Crippen LogP contribution in [0, 0.1) is 0 Å². The largest absolute Gasteiger partial charge is 0.479 e. The van der Waals surface area contributed by atoms with Crippen LogP contribution in [0.25, 0.3) is 0 Å². The van der Waals surface area contributed by atoms with E-state index < -0.39 is 12.1 Å². The second-order valence-electron chi connectivity index (χ2n) is 3.77. The van der Waals surface area contributed by atoms with Gasteiger partial charge in [-0.05, 0) is 37.1 Å². The van der Waals surface area contributed by atoms with Crippen molar-refractivity contribution in [2.24, 2.45) is 5.73 Å². The molecule has 1 unspecified atom stereocenters. The fraction of sp³-hybridized carbons (Fsp3) is 0.417. The van der Waals surface area contributed by atoms with Crippen LogP contribution in [-0.4, -0.2) is 23.7 Å². The van der Waals surface area contributed by atoms with E-state index >= 15 is 0 Å². The van der Waals surface area contributed by atoms with Crippen LogP contribution in [-0.2, 0) is 11.2 Å². The first-order valence-electron chi connectivity index (χ1n) is 5.57. The Balaban J connectivity index is 3.09. The van der Waals surface area contributed by atoms with Gasteiger partial charge in [-0.2, -0.15) is 0 Å². The van der Waals surface area contributed by atoms with E-state index in [1.165, 1.54) is 6.07 Å². The van der Waals surface area contributed by atoms with Gasteiger partial charge in [-0.1, -0.05) is 30.1 Å². The highest BCUT2D eigenvalue weighted by atomic mass is 35.5. The van der Waals surface area contributed by atoms with Crippen molar-refractivity contribution in [3.63, 3.8) is 0 Å². The summed E-state index contributed by atoms with van der Waals surface area (Å²) in [4.78, 5) is 11.0. The first-order valence-corrected chi connectivity index (χ1v) is 6.32. The van der Waals surface area contributed by atoms with Gasteiger partial charge in [0.1, 0.15) is 5.75 Å². The molecule has 0 aromatic heterocycles. The highest BCUT2D eigenvalue weighted by Crippen LogP contribution is 2.33. The molecule has 0 saturated carbocycles. The summed E-state index contributed by atoms with van der Waals surface area (Å²) in [7, 11) is 0. The fourth-order valence-corrected chi connectivity index (χ4v) is 2.12. The second kappa shape index (κ2) is 6.83. The molecule has 0 fully saturated rings. The van der Waals surface area contributed by atoms with Crippen molar-refractivity contribution >= 4 is 29.2 Å². The number of rotatable bonds is 6. The number of carbonyl (C=O) groups is 1. The fourth-order valence-electron chi connectivity index (χ4n) is 1.54. The van der Waals surface area contributed by atoms with E-state index in [-0.39, 0.29) is 0 Å². The summed E-state index contributed by atoms with van der Waals surface area (Å²) in [6.07, 6.45) is -0.0673. The van der Waals surface area contributed by atoms with E-state index in [9.17, 15) is 4.79 Å². The normalized spacial score (nSPS) is 12.2. The molecule has 1 rings (SSSR count). The maximum absolute atomic E-state index is 11.0. The Morgan fingerprint density at radius 1 is 1.50 bits per heavy atom. The van der Waals surface area contributed by atoms with E-state index in [0.29, 0.717) is 35.2 Å². The average Bonchev–Trinajstić information content (AvgIpc) is 2.28. The van der Waals surface area contributed by atoms with Crippen LogP contribution >= 0.6 is 23.2 Å². The first-order chi connectivity index (χ1) is 8.49. The summed E-state index contributed by atoms with van der Waals surface area (Å²) in [6, 6.07) is 3.21. The van der Waals surface area contributed by atoms with Gasteiger partial charge in [0.05, 0.1) is 5.02 Å². The number of halogens is 2. The Labute approximate surface area is 116 Å². The van der Waals surface area contributed by atoms with Crippen LogP contribution in [0.5, 0.6) is 5.75 Å². The van der Waals surface area contributed by atoms with E-state index in [2.05, 4.69) is 0 Å². The van der Waals surface area contributed by atoms with Crippen molar-refractivity contribution in [3.05, 3.63) is 27.7 Å². The number of carboxylic acids is 1. The minimum atomic E-state index is -1.03. The Morgan fingerprint density at radius 2 is 2.17 bits per heavy atom. The summed E-state index contributed by atoms with van der Waals surface area (Å²) in [5.41, 5.74) is 6.21. The van der Waals surface area contributed by atoms with Crippen molar-refractivity contribution in [1.82, 2.24) is 0 Å². The molecule has 0 aliphatic carbocycles. The van der Waals surface area contributed by atoms with Gasteiger partial charge in [0.15, 0.2) is 6.10 Å². The third-order valence-corrected chi connectivity index (χ3v) is 2.90. The van der Waals surface area contributed by atoms with Gasteiger partial charge < -0.3 is 15.6 Å². The van der Waals surface area contributed by atoms with Gasteiger partial charge in [0.2, 0.25) is 0 Å². The minimum Gasteiger partial charge on any atom is -0.479 e. The molecule has 0 bridgehead atoms. The van der Waals surface area contributed by atoms with Gasteiger partial charge in [-0.25, -0.2) is 4.79 Å². The molecule has 6 heteroatoms. The lowest BCUT2D eigenvalue weighted by Gasteiger charge is -2.17. The lowest BCUT2D eigenvalue weighted by Crippen LogP contribution is -2.26. The molecule has 0 radical (unpaired) electrons. The van der Waals surface area contributed by atoms with Gasteiger partial charge in [-0.15, -0.1) is 0 Å². The number of benzene rings is 1. The van der Waals surface area contributed by atoms with Crippen LogP contribution in [0.2, 0.25) is 10.0 Å². The van der Waals surface area contributed by atoms with Crippen molar-refractivity contribution in [3.8, 4) is 5.75 Å². The second-order valence-corrected chi connectivity index (χ2v) is 4.61. The van der Waals surface area contributed by atoms with Crippen LogP contribution in [0.4, 0.5) is 0 Å². The van der Waals surface area contributed by atoms with E-state index in [0.717, 1.165) is 5.56 Å². The molecular formula is C12H15Cl2NO3. The Kier molecular flexibility index (Phi) is 5.72. The lowest BCUT2D eigenvalue weighted by atomic mass is 10.1. The number of aliphatic carboxylic acids is 1. The third kappa shape index (κ3) is 3.77. The molecule has 1 aromatic rings. The van der Waals surface area contributed by atoms with Crippen LogP contribution < -0.4 is 10.5 Å². The monoisotopic (exact) mass is 291 g/mol. The Morgan fingerprint density at radius 3 is 2.67 bits per heavy atom. The molecule has 3 N–H and O–H groups in total. The predicted molar refractivity (Wildman–Crippen MR) is 71.6 cm³/mol. The highest BCUT2D eigenvalue weighted by molar-refractivity contribution is 6.35. The van der Waals surface area contributed by atoms with E-state index in [4.69, 9.17) is 38.8 Å². The molecule has 0 aliphatic rings. The summed E-state index contributed by atoms with van der Waals surface area (Å²) < 4.78 is 5.45. The van der Waals surface area contributed by atoms with Gasteiger partial charge in [0.25, 0.3) is 0 Å². The van der Waals surface area contributed by atoms with E-state index in [1.807, 2.05) is 0 Å². The average molecular weight is 292 g/mol. The quantitative estimate of drug-likeness (QED) is 0.845. The van der Waals surface area contributed by atoms with Crippen molar-refractivity contribution < 1.29 is 14.6 Å². The number of nitrogens with two attached hydrogens (primary N) is 1. The summed E-state index contributed by atoms with van der Waals surface area (Å²) in [5, 5.41) is 9.75. The number of hydrogen-bond donors (Lipinski definition) is 2. The van der Waals surface area contributed by atoms with Gasteiger partial charge >= 0.3 is 5.97 Å².